The van der Waals surface area contributed by atoms with Crippen molar-refractivity contribution in [3.63, 3.8) is 0 Å². The largest absolute Gasteiger partial charge is 0.265 e. The summed E-state index contributed by atoms with van der Waals surface area (Å²) in [6, 6.07) is 1.59. The van der Waals surface area contributed by atoms with Crippen LogP contribution in [0.2, 0.25) is 10.2 Å². The monoisotopic (exact) mass is 280 g/mol. The SMILES string of the molecule is CC(C#N)S(=O)(=O)Nc1ncnc(Cl)c1Cl. The van der Waals surface area contributed by atoms with E-state index in [1.807, 2.05) is 0 Å². The molecule has 9 heteroatoms. The molecule has 6 nitrogen and oxygen atoms in total. The zero-order valence-corrected chi connectivity index (χ0v) is 10.3. The smallest absolute Gasteiger partial charge is 0.250 e. The van der Waals surface area contributed by atoms with Crippen LogP contribution in [0, 0.1) is 11.3 Å². The molecule has 1 unspecified atom stereocenters. The van der Waals surface area contributed by atoms with Gasteiger partial charge >= 0.3 is 0 Å². The predicted molar refractivity (Wildman–Crippen MR) is 59.7 cm³/mol. The first-order chi connectivity index (χ1) is 7.38. The van der Waals surface area contributed by atoms with Crippen LogP contribution in [-0.2, 0) is 10.0 Å². The highest BCUT2D eigenvalue weighted by molar-refractivity contribution is 7.93. The molecule has 1 rings (SSSR count). The van der Waals surface area contributed by atoms with Crippen molar-refractivity contribution in [3.8, 4) is 6.07 Å². The second-order valence-electron chi connectivity index (χ2n) is 2.75. The number of rotatable bonds is 3. The number of aromatic nitrogens is 2. The van der Waals surface area contributed by atoms with E-state index in [1.165, 1.54) is 6.92 Å². The fraction of sp³-hybridized carbons (Fsp3) is 0.286. The highest BCUT2D eigenvalue weighted by Crippen LogP contribution is 2.26. The minimum Gasteiger partial charge on any atom is -0.265 e. The van der Waals surface area contributed by atoms with E-state index in [9.17, 15) is 8.42 Å². The first kappa shape index (κ1) is 13.0. The highest BCUT2D eigenvalue weighted by Gasteiger charge is 2.22. The number of nitrogens with one attached hydrogen (secondary N) is 1. The summed E-state index contributed by atoms with van der Waals surface area (Å²) >= 11 is 11.3. The highest BCUT2D eigenvalue weighted by atomic mass is 35.5. The zero-order chi connectivity index (χ0) is 12.3. The Hall–Kier alpha value is -1.10. The second kappa shape index (κ2) is 4.82. The van der Waals surface area contributed by atoms with E-state index in [2.05, 4.69) is 14.7 Å². The van der Waals surface area contributed by atoms with Gasteiger partial charge in [-0.3, -0.25) is 4.72 Å². The number of hydrogen-bond donors (Lipinski definition) is 1. The lowest BCUT2D eigenvalue weighted by Crippen LogP contribution is -2.24. The van der Waals surface area contributed by atoms with E-state index in [0.29, 0.717) is 0 Å². The number of halogens is 2. The van der Waals surface area contributed by atoms with Gasteiger partial charge < -0.3 is 0 Å². The molecule has 0 bridgehead atoms. The van der Waals surface area contributed by atoms with E-state index >= 15 is 0 Å². The minimum atomic E-state index is -3.85. The quantitative estimate of drug-likeness (QED) is 0.845. The molecule has 1 aromatic rings. The molecule has 0 aromatic carbocycles. The molecule has 86 valence electrons. The third-order valence-corrected chi connectivity index (χ3v) is 3.89. The van der Waals surface area contributed by atoms with Crippen molar-refractivity contribution >= 4 is 39.0 Å². The molecule has 0 saturated heterocycles. The molecule has 1 heterocycles. The number of anilines is 1. The van der Waals surface area contributed by atoms with Crippen molar-refractivity contribution in [1.82, 2.24) is 9.97 Å². The molecular formula is C7H6Cl2N4O2S. The minimum absolute atomic E-state index is 0.0704. The Balaban J connectivity index is 3.08. The molecule has 0 saturated carbocycles. The number of hydrogen-bond acceptors (Lipinski definition) is 5. The van der Waals surface area contributed by atoms with Crippen LogP contribution in [-0.4, -0.2) is 23.6 Å². The van der Waals surface area contributed by atoms with Gasteiger partial charge in [-0.2, -0.15) is 5.26 Å². The predicted octanol–water partition coefficient (Wildman–Crippen LogP) is 1.44. The van der Waals surface area contributed by atoms with Crippen LogP contribution in [0.15, 0.2) is 6.33 Å². The van der Waals surface area contributed by atoms with E-state index in [1.54, 1.807) is 6.07 Å². The first-order valence-electron chi connectivity index (χ1n) is 3.95. The Morgan fingerprint density at radius 2 is 2.12 bits per heavy atom. The summed E-state index contributed by atoms with van der Waals surface area (Å²) in [5.41, 5.74) is 0. The van der Waals surface area contributed by atoms with Gasteiger partial charge in [-0.15, -0.1) is 0 Å². The maximum Gasteiger partial charge on any atom is 0.250 e. The Bertz CT molecular complexity index is 540. The van der Waals surface area contributed by atoms with E-state index < -0.39 is 15.3 Å². The molecular weight excluding hydrogens is 275 g/mol. The van der Waals surface area contributed by atoms with Crippen molar-refractivity contribution in [1.29, 1.82) is 5.26 Å². The van der Waals surface area contributed by atoms with Gasteiger partial charge in [-0.1, -0.05) is 23.2 Å². The summed E-state index contributed by atoms with van der Waals surface area (Å²) in [5.74, 6) is -0.149. The van der Waals surface area contributed by atoms with Gasteiger partial charge in [-0.25, -0.2) is 18.4 Å². The average molecular weight is 281 g/mol. The number of nitriles is 1. The van der Waals surface area contributed by atoms with Crippen LogP contribution in [0.3, 0.4) is 0 Å². The van der Waals surface area contributed by atoms with Gasteiger partial charge in [0, 0.05) is 0 Å². The van der Waals surface area contributed by atoms with Gasteiger partial charge in [0.2, 0.25) is 10.0 Å². The molecule has 0 amide bonds. The summed E-state index contributed by atoms with van der Waals surface area (Å²) in [6.07, 6.45) is 1.06. The van der Waals surface area contributed by atoms with Gasteiger partial charge in [0.25, 0.3) is 0 Å². The Kier molecular flexibility index (Phi) is 3.91. The summed E-state index contributed by atoms with van der Waals surface area (Å²) in [7, 11) is -3.85. The normalized spacial score (nSPS) is 12.9. The topological polar surface area (TPSA) is 95.7 Å². The van der Waals surface area contributed by atoms with Gasteiger partial charge in [0.05, 0.1) is 6.07 Å². The molecule has 1 aromatic heterocycles. The third kappa shape index (κ3) is 2.72. The number of sulfonamides is 1. The van der Waals surface area contributed by atoms with Crippen molar-refractivity contribution in [3.05, 3.63) is 16.5 Å². The maximum absolute atomic E-state index is 11.5. The lowest BCUT2D eigenvalue weighted by molar-refractivity contribution is 0.597. The summed E-state index contributed by atoms with van der Waals surface area (Å²) in [4.78, 5) is 7.17. The van der Waals surface area contributed by atoms with E-state index in [0.717, 1.165) is 6.33 Å². The lowest BCUT2D eigenvalue weighted by Gasteiger charge is -2.09. The summed E-state index contributed by atoms with van der Waals surface area (Å²) < 4.78 is 25.1. The van der Waals surface area contributed by atoms with Crippen molar-refractivity contribution < 1.29 is 8.42 Å². The standard InChI is InChI=1S/C7H6Cl2N4O2S/c1-4(2-10)16(14,15)13-7-5(8)6(9)11-3-12-7/h3-4H,1H3,(H,11,12,13). The van der Waals surface area contributed by atoms with Gasteiger partial charge in [-0.05, 0) is 6.92 Å². The molecule has 1 atom stereocenters. The molecule has 0 aliphatic carbocycles. The Morgan fingerprint density at radius 3 is 2.69 bits per heavy atom. The molecule has 1 N–H and O–H groups in total. The first-order valence-corrected chi connectivity index (χ1v) is 6.26. The Morgan fingerprint density at radius 1 is 1.50 bits per heavy atom. The van der Waals surface area contributed by atoms with Crippen LogP contribution in [0.4, 0.5) is 5.82 Å². The van der Waals surface area contributed by atoms with Crippen LogP contribution < -0.4 is 4.72 Å². The van der Waals surface area contributed by atoms with Crippen LogP contribution in [0.25, 0.3) is 0 Å². The van der Waals surface area contributed by atoms with Crippen LogP contribution >= 0.6 is 23.2 Å². The molecule has 0 aliphatic rings. The fourth-order valence-corrected chi connectivity index (χ4v) is 1.79. The summed E-state index contributed by atoms with van der Waals surface area (Å²) in [5, 5.41) is 7.10. The lowest BCUT2D eigenvalue weighted by atomic mass is 10.5. The van der Waals surface area contributed by atoms with Crippen LogP contribution in [0.5, 0.6) is 0 Å². The number of nitrogens with zero attached hydrogens (tertiary/aromatic N) is 3. The van der Waals surface area contributed by atoms with E-state index in [4.69, 9.17) is 28.5 Å². The molecule has 0 spiro atoms. The molecule has 16 heavy (non-hydrogen) atoms. The third-order valence-electron chi connectivity index (χ3n) is 1.63. The average Bonchev–Trinajstić information content (AvgIpc) is 2.23. The van der Waals surface area contributed by atoms with E-state index in [-0.39, 0.29) is 16.0 Å². The zero-order valence-electron chi connectivity index (χ0n) is 7.98. The van der Waals surface area contributed by atoms with Crippen molar-refractivity contribution in [2.24, 2.45) is 0 Å². The Labute approximate surface area is 102 Å². The fourth-order valence-electron chi connectivity index (χ4n) is 0.712. The van der Waals surface area contributed by atoms with Crippen molar-refractivity contribution in [2.75, 3.05) is 4.72 Å². The van der Waals surface area contributed by atoms with Gasteiger partial charge in [0.1, 0.15) is 11.3 Å². The van der Waals surface area contributed by atoms with Crippen LogP contribution in [0.1, 0.15) is 6.92 Å². The molecule has 0 radical (unpaired) electrons. The van der Waals surface area contributed by atoms with Crippen molar-refractivity contribution in [2.45, 2.75) is 12.2 Å². The summed E-state index contributed by atoms with van der Waals surface area (Å²) in [6.45, 7) is 1.24. The van der Waals surface area contributed by atoms with Gasteiger partial charge in [0.15, 0.2) is 16.2 Å². The molecule has 0 aliphatic heterocycles. The molecule has 0 fully saturated rings. The maximum atomic E-state index is 11.5. The second-order valence-corrected chi connectivity index (χ2v) is 5.48.